The van der Waals surface area contributed by atoms with E-state index in [4.69, 9.17) is 4.74 Å². The van der Waals surface area contributed by atoms with E-state index >= 15 is 0 Å². The average molecular weight is 390 g/mol. The second-order valence-corrected chi connectivity index (χ2v) is 3.59. The van der Waals surface area contributed by atoms with Gasteiger partial charge in [0.05, 0.1) is 12.0 Å². The SMILES string of the molecule is [CH2-]OCOC1CC=C(C)CC1C(=O)O[CH2-].[Y].[Y]. The Bertz CT molecular complexity index is 256. The molecule has 0 amide bonds. The number of rotatable bonds is 4. The van der Waals surface area contributed by atoms with Crippen molar-refractivity contribution in [3.8, 4) is 0 Å². The van der Waals surface area contributed by atoms with E-state index in [1.54, 1.807) is 0 Å². The fraction of sp³-hybridized carbons (Fsp3) is 0.545. The van der Waals surface area contributed by atoms with Crippen molar-refractivity contribution in [2.75, 3.05) is 6.79 Å². The van der Waals surface area contributed by atoms with Crippen molar-refractivity contribution in [3.63, 3.8) is 0 Å². The van der Waals surface area contributed by atoms with Crippen LogP contribution in [0.2, 0.25) is 0 Å². The summed E-state index contributed by atoms with van der Waals surface area (Å²) in [5.74, 6) is -0.626. The summed E-state index contributed by atoms with van der Waals surface area (Å²) in [5, 5.41) is 0. The third-order valence-corrected chi connectivity index (χ3v) is 2.50. The van der Waals surface area contributed by atoms with Gasteiger partial charge in [-0.05, 0) is 19.8 Å². The average Bonchev–Trinajstić information content (AvgIpc) is 2.26. The monoisotopic (exact) mass is 390 g/mol. The fourth-order valence-corrected chi connectivity index (χ4v) is 1.71. The molecule has 1 rings (SSSR count). The summed E-state index contributed by atoms with van der Waals surface area (Å²) in [7, 11) is 6.34. The second-order valence-electron chi connectivity index (χ2n) is 3.59. The molecule has 0 heterocycles. The van der Waals surface area contributed by atoms with Crippen LogP contribution in [0.15, 0.2) is 11.6 Å². The van der Waals surface area contributed by atoms with E-state index < -0.39 is 0 Å². The number of allylic oxidation sites excluding steroid dienone is 1. The van der Waals surface area contributed by atoms with Crippen LogP contribution < -0.4 is 0 Å². The smallest absolute Gasteiger partial charge is 0.280 e. The summed E-state index contributed by atoms with van der Waals surface area (Å²) in [5.41, 5.74) is 1.17. The molecule has 0 aromatic heterocycles. The van der Waals surface area contributed by atoms with Crippen LogP contribution >= 0.6 is 0 Å². The summed E-state index contributed by atoms with van der Waals surface area (Å²) in [6.45, 7) is 2.07. The molecule has 4 nitrogen and oxygen atoms in total. The van der Waals surface area contributed by atoms with Crippen molar-refractivity contribution in [1.29, 1.82) is 0 Å². The van der Waals surface area contributed by atoms with Crippen molar-refractivity contribution >= 4 is 5.97 Å². The van der Waals surface area contributed by atoms with Gasteiger partial charge in [-0.1, -0.05) is 11.6 Å². The standard InChI is InChI=1S/C11H16O4.2Y/c1-8-4-5-10(15-7-13-2)9(6-8)11(12)14-3;;/h4,9-10H,2-3,5-7H2,1H3;;/q-2;;. The summed E-state index contributed by atoms with van der Waals surface area (Å²) in [6.07, 6.45) is 3.19. The van der Waals surface area contributed by atoms with Gasteiger partial charge in [0, 0.05) is 65.4 Å². The van der Waals surface area contributed by atoms with E-state index in [-0.39, 0.29) is 90.2 Å². The van der Waals surface area contributed by atoms with Gasteiger partial charge in [0.15, 0.2) is 0 Å². The van der Waals surface area contributed by atoms with Gasteiger partial charge in [-0.15, -0.1) is 0 Å². The summed E-state index contributed by atoms with van der Waals surface area (Å²) in [4.78, 5) is 11.4. The number of hydrogen-bond acceptors (Lipinski definition) is 4. The van der Waals surface area contributed by atoms with Crippen LogP contribution in [0, 0.1) is 20.1 Å². The van der Waals surface area contributed by atoms with Crippen molar-refractivity contribution in [3.05, 3.63) is 25.9 Å². The molecule has 2 unspecified atom stereocenters. The molecular formula is C11H16O4Y2-2. The molecule has 0 bridgehead atoms. The van der Waals surface area contributed by atoms with E-state index in [1.807, 2.05) is 6.92 Å². The topological polar surface area (TPSA) is 44.8 Å². The fourth-order valence-electron chi connectivity index (χ4n) is 1.71. The van der Waals surface area contributed by atoms with Gasteiger partial charge >= 0.3 is 0 Å². The first-order valence-corrected chi connectivity index (χ1v) is 4.79. The Hall–Kier alpha value is 1.34. The van der Waals surface area contributed by atoms with Gasteiger partial charge in [0.2, 0.25) is 0 Å². The maximum atomic E-state index is 11.4. The molecule has 0 aromatic rings. The zero-order valence-corrected chi connectivity index (χ0v) is 15.7. The predicted octanol–water partition coefficient (Wildman–Crippen LogP) is 1.82. The van der Waals surface area contributed by atoms with Crippen molar-refractivity contribution < 1.29 is 84.4 Å². The number of esters is 1. The Kier molecular flexibility index (Phi) is 13.6. The zero-order valence-electron chi connectivity index (χ0n) is 10.1. The Morgan fingerprint density at radius 2 is 2.12 bits per heavy atom. The van der Waals surface area contributed by atoms with E-state index in [0.717, 1.165) is 0 Å². The summed E-state index contributed by atoms with van der Waals surface area (Å²) in [6, 6.07) is 0. The molecule has 6 heteroatoms. The molecule has 0 aromatic carbocycles. The van der Waals surface area contributed by atoms with Crippen LogP contribution in [0.3, 0.4) is 0 Å². The minimum atomic E-state index is -0.337. The van der Waals surface area contributed by atoms with E-state index in [2.05, 4.69) is 29.8 Å². The second kappa shape index (κ2) is 11.2. The first kappa shape index (κ1) is 20.7. The molecule has 0 saturated carbocycles. The third kappa shape index (κ3) is 6.89. The predicted molar refractivity (Wildman–Crippen MR) is 54.1 cm³/mol. The Balaban J connectivity index is 0. The minimum absolute atomic E-state index is 0. The molecule has 2 atom stereocenters. The first-order valence-electron chi connectivity index (χ1n) is 4.79. The van der Waals surface area contributed by atoms with Gasteiger partial charge in [-0.25, -0.2) is 7.11 Å². The minimum Gasteiger partial charge on any atom is -0.640 e. The molecular weight excluding hydrogens is 374 g/mol. The molecule has 0 fully saturated rings. The Morgan fingerprint density at radius 3 is 2.65 bits per heavy atom. The number of ether oxygens (including phenoxy) is 3. The van der Waals surface area contributed by atoms with Crippen molar-refractivity contribution in [1.82, 2.24) is 0 Å². The quantitative estimate of drug-likeness (QED) is 0.318. The molecule has 0 aliphatic heterocycles. The Morgan fingerprint density at radius 1 is 1.47 bits per heavy atom. The summed E-state index contributed by atoms with van der Waals surface area (Å²) < 4.78 is 14.4. The van der Waals surface area contributed by atoms with Gasteiger partial charge in [-0.2, -0.15) is 7.11 Å². The maximum Gasteiger partial charge on any atom is 0.280 e. The van der Waals surface area contributed by atoms with E-state index in [9.17, 15) is 4.79 Å². The van der Waals surface area contributed by atoms with Crippen LogP contribution in [0.25, 0.3) is 0 Å². The van der Waals surface area contributed by atoms with Gasteiger partial charge in [0.25, 0.3) is 5.97 Å². The largest absolute Gasteiger partial charge is 0.640 e. The molecule has 1 aliphatic carbocycles. The maximum absolute atomic E-state index is 11.4. The number of hydrogen-bond donors (Lipinski definition) is 0. The normalized spacial score (nSPS) is 22.9. The number of carbonyl (C=O) groups excluding carboxylic acids is 1. The number of carbonyl (C=O) groups is 1. The molecule has 0 N–H and O–H groups in total. The van der Waals surface area contributed by atoms with Gasteiger partial charge < -0.3 is 14.2 Å². The van der Waals surface area contributed by atoms with Crippen LogP contribution in [0.5, 0.6) is 0 Å². The van der Waals surface area contributed by atoms with Gasteiger partial charge in [0.1, 0.15) is 6.79 Å². The molecule has 0 spiro atoms. The van der Waals surface area contributed by atoms with Crippen LogP contribution in [-0.4, -0.2) is 18.9 Å². The van der Waals surface area contributed by atoms with Crippen molar-refractivity contribution in [2.45, 2.75) is 25.9 Å². The molecule has 92 valence electrons. The molecule has 2 radical (unpaired) electrons. The van der Waals surface area contributed by atoms with Crippen LogP contribution in [0.4, 0.5) is 0 Å². The Labute approximate surface area is 153 Å². The van der Waals surface area contributed by atoms with E-state index in [1.165, 1.54) is 5.57 Å². The third-order valence-electron chi connectivity index (χ3n) is 2.50. The first-order chi connectivity index (χ1) is 7.19. The summed E-state index contributed by atoms with van der Waals surface area (Å²) >= 11 is 0. The van der Waals surface area contributed by atoms with Crippen LogP contribution in [-0.2, 0) is 84.4 Å². The molecule has 17 heavy (non-hydrogen) atoms. The van der Waals surface area contributed by atoms with Crippen LogP contribution in [0.1, 0.15) is 19.8 Å². The van der Waals surface area contributed by atoms with Gasteiger partial charge in [-0.3, -0.25) is 4.79 Å². The molecule has 1 aliphatic rings. The molecule has 0 saturated heterocycles. The zero-order chi connectivity index (χ0) is 11.3. The van der Waals surface area contributed by atoms with Crippen molar-refractivity contribution in [2.24, 2.45) is 5.92 Å². The van der Waals surface area contributed by atoms with E-state index in [0.29, 0.717) is 12.8 Å².